The van der Waals surface area contributed by atoms with Gasteiger partial charge >= 0.3 is 5.97 Å². The van der Waals surface area contributed by atoms with Gasteiger partial charge in [-0.15, -0.1) is 0 Å². The van der Waals surface area contributed by atoms with Crippen LogP contribution >= 0.6 is 15.9 Å². The topological polar surface area (TPSA) is 26.3 Å². The fraction of sp³-hybridized carbons (Fsp3) is 0.174. The van der Waals surface area contributed by atoms with E-state index in [0.29, 0.717) is 5.56 Å². The molecule has 1 aliphatic rings. The van der Waals surface area contributed by atoms with Gasteiger partial charge in [-0.05, 0) is 63.7 Å². The molecule has 2 nitrogen and oxygen atoms in total. The third-order valence-corrected chi connectivity index (χ3v) is 5.77. The summed E-state index contributed by atoms with van der Waals surface area (Å²) in [7, 11) is 1.40. The number of carbonyl (C=O) groups excluding carboxylic acids is 1. The summed E-state index contributed by atoms with van der Waals surface area (Å²) in [5.74, 6) is -0.312. The highest BCUT2D eigenvalue weighted by Gasteiger charge is 2.35. The Bertz CT molecular complexity index is 1020. The zero-order valence-corrected chi connectivity index (χ0v) is 16.6. The third kappa shape index (κ3) is 2.58. The number of hydrogen-bond acceptors (Lipinski definition) is 2. The van der Waals surface area contributed by atoms with E-state index in [1.165, 1.54) is 29.4 Å². The number of fused-ring (bicyclic) bond motifs is 3. The van der Waals surface area contributed by atoms with Crippen LogP contribution in [0.2, 0.25) is 0 Å². The molecule has 1 aliphatic carbocycles. The SMILES string of the molecule is COC(=O)c1ccc(-c2ccc3c(c2)C(C)(C)c2cc(Br)ccc2-3)cc1. The highest BCUT2D eigenvalue weighted by atomic mass is 79.9. The zero-order chi connectivity index (χ0) is 18.5. The van der Waals surface area contributed by atoms with Crippen LogP contribution < -0.4 is 0 Å². The Morgan fingerprint density at radius 3 is 2.08 bits per heavy atom. The van der Waals surface area contributed by atoms with Crippen molar-refractivity contribution in [3.05, 3.63) is 81.8 Å². The molecule has 0 N–H and O–H groups in total. The average Bonchev–Trinajstić information content (AvgIpc) is 2.88. The zero-order valence-electron chi connectivity index (χ0n) is 15.0. The first-order chi connectivity index (χ1) is 12.4. The van der Waals surface area contributed by atoms with Gasteiger partial charge in [-0.25, -0.2) is 4.79 Å². The summed E-state index contributed by atoms with van der Waals surface area (Å²) in [6, 6.07) is 20.7. The van der Waals surface area contributed by atoms with Crippen molar-refractivity contribution in [1.29, 1.82) is 0 Å². The van der Waals surface area contributed by atoms with Crippen LogP contribution in [0.25, 0.3) is 22.3 Å². The fourth-order valence-corrected chi connectivity index (χ4v) is 4.17. The summed E-state index contributed by atoms with van der Waals surface area (Å²) >= 11 is 3.60. The molecule has 0 amide bonds. The molecule has 3 heteroatoms. The Hall–Kier alpha value is -2.39. The first-order valence-corrected chi connectivity index (χ1v) is 9.35. The van der Waals surface area contributed by atoms with Gasteiger partial charge < -0.3 is 4.74 Å². The minimum atomic E-state index is -0.312. The van der Waals surface area contributed by atoms with Gasteiger partial charge in [-0.2, -0.15) is 0 Å². The van der Waals surface area contributed by atoms with Gasteiger partial charge in [0.2, 0.25) is 0 Å². The molecular formula is C23H19BrO2. The van der Waals surface area contributed by atoms with Gasteiger partial charge in [0.1, 0.15) is 0 Å². The Morgan fingerprint density at radius 2 is 1.42 bits per heavy atom. The summed E-state index contributed by atoms with van der Waals surface area (Å²) in [6.07, 6.45) is 0. The third-order valence-electron chi connectivity index (χ3n) is 5.28. The highest BCUT2D eigenvalue weighted by molar-refractivity contribution is 9.10. The van der Waals surface area contributed by atoms with Crippen molar-refractivity contribution in [2.75, 3.05) is 7.11 Å². The number of ether oxygens (including phenoxy) is 1. The highest BCUT2D eigenvalue weighted by Crippen LogP contribution is 2.50. The van der Waals surface area contributed by atoms with Crippen molar-refractivity contribution in [3.8, 4) is 22.3 Å². The molecule has 130 valence electrons. The number of carbonyl (C=O) groups is 1. The first-order valence-electron chi connectivity index (χ1n) is 8.55. The molecule has 4 rings (SSSR count). The maximum atomic E-state index is 11.6. The van der Waals surface area contributed by atoms with Gasteiger partial charge in [0.15, 0.2) is 0 Å². The number of rotatable bonds is 2. The first kappa shape index (κ1) is 17.0. The van der Waals surface area contributed by atoms with Gasteiger partial charge in [-0.3, -0.25) is 0 Å². The number of methoxy groups -OCH3 is 1. The molecule has 0 heterocycles. The molecule has 0 aliphatic heterocycles. The van der Waals surface area contributed by atoms with Crippen LogP contribution in [0.1, 0.15) is 35.3 Å². The van der Waals surface area contributed by atoms with Crippen LogP contribution in [-0.4, -0.2) is 13.1 Å². The van der Waals surface area contributed by atoms with E-state index in [-0.39, 0.29) is 11.4 Å². The van der Waals surface area contributed by atoms with Gasteiger partial charge in [-0.1, -0.05) is 60.1 Å². The largest absolute Gasteiger partial charge is 0.465 e. The van der Waals surface area contributed by atoms with E-state index in [9.17, 15) is 4.79 Å². The van der Waals surface area contributed by atoms with Gasteiger partial charge in [0.25, 0.3) is 0 Å². The minimum Gasteiger partial charge on any atom is -0.465 e. The van der Waals surface area contributed by atoms with E-state index in [0.717, 1.165) is 15.6 Å². The van der Waals surface area contributed by atoms with Crippen molar-refractivity contribution in [3.63, 3.8) is 0 Å². The number of halogens is 1. The van der Waals surface area contributed by atoms with Crippen LogP contribution in [0.15, 0.2) is 65.1 Å². The Morgan fingerprint density at radius 1 is 0.846 bits per heavy atom. The molecule has 0 atom stereocenters. The van der Waals surface area contributed by atoms with E-state index < -0.39 is 0 Å². The lowest BCUT2D eigenvalue weighted by Gasteiger charge is -2.22. The predicted octanol–water partition coefficient (Wildman–Crippen LogP) is 6.21. The summed E-state index contributed by atoms with van der Waals surface area (Å²) < 4.78 is 5.88. The normalized spacial score (nSPS) is 13.8. The quantitative estimate of drug-likeness (QED) is 0.472. The molecule has 0 radical (unpaired) electrons. The second-order valence-electron chi connectivity index (χ2n) is 7.14. The van der Waals surface area contributed by atoms with Gasteiger partial charge in [0.05, 0.1) is 12.7 Å². The maximum absolute atomic E-state index is 11.6. The van der Waals surface area contributed by atoms with Crippen LogP contribution in [0.4, 0.5) is 0 Å². The molecule has 26 heavy (non-hydrogen) atoms. The van der Waals surface area contributed by atoms with Crippen LogP contribution in [0.5, 0.6) is 0 Å². The molecule has 0 fully saturated rings. The molecule has 0 unspecified atom stereocenters. The van der Waals surface area contributed by atoms with Crippen LogP contribution in [0, 0.1) is 0 Å². The summed E-state index contributed by atoms with van der Waals surface area (Å²) in [5.41, 5.74) is 8.05. The number of esters is 1. The lowest BCUT2D eigenvalue weighted by molar-refractivity contribution is 0.0601. The van der Waals surface area contributed by atoms with E-state index in [4.69, 9.17) is 4.74 Å². The fourth-order valence-electron chi connectivity index (χ4n) is 3.81. The van der Waals surface area contributed by atoms with Crippen molar-refractivity contribution < 1.29 is 9.53 Å². The maximum Gasteiger partial charge on any atom is 0.337 e. The van der Waals surface area contributed by atoms with Crippen LogP contribution in [-0.2, 0) is 10.2 Å². The molecule has 0 saturated carbocycles. The Balaban J connectivity index is 1.79. The van der Waals surface area contributed by atoms with Gasteiger partial charge in [0, 0.05) is 9.89 Å². The van der Waals surface area contributed by atoms with Crippen molar-refractivity contribution in [1.82, 2.24) is 0 Å². The summed E-state index contributed by atoms with van der Waals surface area (Å²) in [4.78, 5) is 11.6. The smallest absolute Gasteiger partial charge is 0.337 e. The Kier molecular flexibility index (Phi) is 4.00. The molecule has 3 aromatic carbocycles. The molecular weight excluding hydrogens is 388 g/mol. The molecule has 3 aromatic rings. The standard InChI is InChI=1S/C23H19BrO2/c1-23(2)20-12-16(14-4-6-15(7-5-14)22(25)26-3)8-10-18(20)19-11-9-17(24)13-21(19)23/h4-13H,1-3H3. The van der Waals surface area contributed by atoms with Crippen LogP contribution in [0.3, 0.4) is 0 Å². The lowest BCUT2D eigenvalue weighted by atomic mass is 9.81. The van der Waals surface area contributed by atoms with Crippen molar-refractivity contribution >= 4 is 21.9 Å². The number of benzene rings is 3. The monoisotopic (exact) mass is 406 g/mol. The van der Waals surface area contributed by atoms with E-state index in [2.05, 4.69) is 66.2 Å². The van der Waals surface area contributed by atoms with E-state index in [1.807, 2.05) is 24.3 Å². The molecule has 0 spiro atoms. The van der Waals surface area contributed by atoms with Crippen molar-refractivity contribution in [2.24, 2.45) is 0 Å². The lowest BCUT2D eigenvalue weighted by Crippen LogP contribution is -2.15. The molecule has 0 bridgehead atoms. The predicted molar refractivity (Wildman–Crippen MR) is 108 cm³/mol. The second-order valence-corrected chi connectivity index (χ2v) is 8.06. The average molecular weight is 407 g/mol. The summed E-state index contributed by atoms with van der Waals surface area (Å²) in [5, 5.41) is 0. The molecule has 0 aromatic heterocycles. The molecule has 0 saturated heterocycles. The second kappa shape index (κ2) is 6.10. The number of hydrogen-bond donors (Lipinski definition) is 0. The van der Waals surface area contributed by atoms with E-state index in [1.54, 1.807) is 0 Å². The van der Waals surface area contributed by atoms with Crippen molar-refractivity contribution in [2.45, 2.75) is 19.3 Å². The minimum absolute atomic E-state index is 0.0452. The summed E-state index contributed by atoms with van der Waals surface area (Å²) in [6.45, 7) is 4.54. The Labute approximate surface area is 162 Å². The van der Waals surface area contributed by atoms with E-state index >= 15 is 0 Å².